The number of benzene rings is 1. The van der Waals surface area contributed by atoms with Gasteiger partial charge in [0.05, 0.1) is 0 Å². The molecule has 0 aromatic heterocycles. The summed E-state index contributed by atoms with van der Waals surface area (Å²) in [4.78, 5) is 13.4. The van der Waals surface area contributed by atoms with E-state index in [-0.39, 0.29) is 11.9 Å². The van der Waals surface area contributed by atoms with Crippen LogP contribution in [0.25, 0.3) is 0 Å². The number of likely N-dealkylation sites (tertiary alicyclic amines) is 1. The molecule has 1 aromatic carbocycles. The van der Waals surface area contributed by atoms with Crippen molar-refractivity contribution in [3.05, 3.63) is 34.3 Å². The van der Waals surface area contributed by atoms with Crippen molar-refractivity contribution in [2.24, 2.45) is 17.4 Å². The number of hydrogen-bond acceptors (Lipinski definition) is 3. The van der Waals surface area contributed by atoms with Gasteiger partial charge < -0.3 is 11.5 Å². The van der Waals surface area contributed by atoms with Gasteiger partial charge in [-0.15, -0.1) is 0 Å². The second kappa shape index (κ2) is 7.20. The summed E-state index contributed by atoms with van der Waals surface area (Å²) in [6.07, 6.45) is 2.55. The van der Waals surface area contributed by atoms with E-state index in [2.05, 4.69) is 33.0 Å². The van der Waals surface area contributed by atoms with Gasteiger partial charge >= 0.3 is 0 Å². The molecule has 110 valence electrons. The van der Waals surface area contributed by atoms with E-state index in [1.54, 1.807) is 0 Å². The molecule has 1 unspecified atom stereocenters. The molecule has 1 aromatic rings. The summed E-state index contributed by atoms with van der Waals surface area (Å²) in [5, 5.41) is 0. The third-order valence-corrected chi connectivity index (χ3v) is 4.53. The molecule has 1 aliphatic rings. The molecule has 4 nitrogen and oxygen atoms in total. The van der Waals surface area contributed by atoms with Gasteiger partial charge in [0, 0.05) is 23.5 Å². The summed E-state index contributed by atoms with van der Waals surface area (Å²) < 4.78 is 1.08. The predicted molar refractivity (Wildman–Crippen MR) is 84.0 cm³/mol. The normalized spacial score (nSPS) is 18.9. The van der Waals surface area contributed by atoms with E-state index in [4.69, 9.17) is 11.5 Å². The Hall–Kier alpha value is -0.910. The number of carbonyl (C=O) groups is 1. The molecular weight excluding hydrogens is 318 g/mol. The second-order valence-corrected chi connectivity index (χ2v) is 6.37. The lowest BCUT2D eigenvalue weighted by atomic mass is 9.91. The molecular formula is C15H22BrN3O. The fraction of sp³-hybridized carbons (Fsp3) is 0.533. The number of rotatable bonds is 5. The van der Waals surface area contributed by atoms with Crippen molar-refractivity contribution in [2.75, 3.05) is 19.6 Å². The first kappa shape index (κ1) is 15.5. The molecule has 0 spiro atoms. The second-order valence-electron chi connectivity index (χ2n) is 5.46. The van der Waals surface area contributed by atoms with Crippen LogP contribution in [-0.4, -0.2) is 30.4 Å². The minimum absolute atomic E-state index is 0.189. The molecule has 1 amide bonds. The van der Waals surface area contributed by atoms with E-state index in [1.165, 1.54) is 5.56 Å². The van der Waals surface area contributed by atoms with Crippen molar-refractivity contribution in [3.8, 4) is 0 Å². The zero-order valence-corrected chi connectivity index (χ0v) is 13.2. The van der Waals surface area contributed by atoms with E-state index in [9.17, 15) is 4.79 Å². The molecule has 2 rings (SSSR count). The first-order valence-corrected chi connectivity index (χ1v) is 7.87. The van der Waals surface area contributed by atoms with Crippen molar-refractivity contribution in [3.63, 3.8) is 0 Å². The number of nitrogens with two attached hydrogens (primary N) is 2. The first-order chi connectivity index (χ1) is 9.60. The molecule has 0 radical (unpaired) electrons. The standard InChI is InChI=1S/C15H22BrN3O/c16-13-3-1-2-12(9-13)14(10-17)19-6-4-11(5-7-19)8-15(18)20/h1-3,9,11,14H,4-8,10,17H2,(H2,18,20). The van der Waals surface area contributed by atoms with Gasteiger partial charge in [0.25, 0.3) is 0 Å². The Morgan fingerprint density at radius 1 is 1.40 bits per heavy atom. The number of piperidine rings is 1. The van der Waals surface area contributed by atoms with E-state index in [0.29, 0.717) is 18.9 Å². The van der Waals surface area contributed by atoms with Crippen LogP contribution in [-0.2, 0) is 4.79 Å². The van der Waals surface area contributed by atoms with Crippen molar-refractivity contribution in [2.45, 2.75) is 25.3 Å². The number of amides is 1. The molecule has 0 saturated carbocycles. The number of hydrogen-bond donors (Lipinski definition) is 2. The van der Waals surface area contributed by atoms with E-state index < -0.39 is 0 Å². The Morgan fingerprint density at radius 3 is 2.65 bits per heavy atom. The highest BCUT2D eigenvalue weighted by Crippen LogP contribution is 2.28. The van der Waals surface area contributed by atoms with E-state index in [0.717, 1.165) is 30.4 Å². The van der Waals surface area contributed by atoms with Crippen LogP contribution < -0.4 is 11.5 Å². The molecule has 20 heavy (non-hydrogen) atoms. The van der Waals surface area contributed by atoms with Crippen LogP contribution in [0.5, 0.6) is 0 Å². The first-order valence-electron chi connectivity index (χ1n) is 7.08. The summed E-state index contributed by atoms with van der Waals surface area (Å²) >= 11 is 3.51. The number of primary amides is 1. The average molecular weight is 340 g/mol. The molecule has 1 heterocycles. The van der Waals surface area contributed by atoms with Crippen molar-refractivity contribution >= 4 is 21.8 Å². The fourth-order valence-corrected chi connectivity index (χ4v) is 3.38. The fourth-order valence-electron chi connectivity index (χ4n) is 2.96. The molecule has 1 aliphatic heterocycles. The Bertz CT molecular complexity index is 458. The van der Waals surface area contributed by atoms with Crippen LogP contribution in [0.1, 0.15) is 30.9 Å². The van der Waals surface area contributed by atoms with Crippen LogP contribution in [0, 0.1) is 5.92 Å². The minimum atomic E-state index is -0.189. The van der Waals surface area contributed by atoms with Crippen LogP contribution in [0.4, 0.5) is 0 Å². The van der Waals surface area contributed by atoms with E-state index >= 15 is 0 Å². The van der Waals surface area contributed by atoms with Crippen LogP contribution in [0.3, 0.4) is 0 Å². The van der Waals surface area contributed by atoms with Crippen LogP contribution in [0.2, 0.25) is 0 Å². The SMILES string of the molecule is NCC(c1cccc(Br)c1)N1CCC(CC(N)=O)CC1. The lowest BCUT2D eigenvalue weighted by Gasteiger charge is -2.37. The summed E-state index contributed by atoms with van der Waals surface area (Å²) in [5.74, 6) is 0.246. The van der Waals surface area contributed by atoms with Gasteiger partial charge in [0.1, 0.15) is 0 Å². The average Bonchev–Trinajstić information content (AvgIpc) is 2.41. The topological polar surface area (TPSA) is 72.3 Å². The van der Waals surface area contributed by atoms with Crippen molar-refractivity contribution in [1.82, 2.24) is 4.90 Å². The molecule has 0 bridgehead atoms. The highest BCUT2D eigenvalue weighted by molar-refractivity contribution is 9.10. The third kappa shape index (κ3) is 4.04. The van der Waals surface area contributed by atoms with E-state index in [1.807, 2.05) is 12.1 Å². The predicted octanol–water partition coefficient (Wildman–Crippen LogP) is 2.04. The monoisotopic (exact) mass is 339 g/mol. The Kier molecular flexibility index (Phi) is 5.57. The zero-order chi connectivity index (χ0) is 14.5. The number of carbonyl (C=O) groups excluding carboxylic acids is 1. The summed E-state index contributed by atoms with van der Waals surface area (Å²) in [6, 6.07) is 8.57. The van der Waals surface area contributed by atoms with Gasteiger partial charge in [-0.2, -0.15) is 0 Å². The number of halogens is 1. The smallest absolute Gasteiger partial charge is 0.217 e. The molecule has 0 aliphatic carbocycles. The Labute approximate surface area is 128 Å². The molecule has 5 heteroatoms. The van der Waals surface area contributed by atoms with Gasteiger partial charge in [-0.25, -0.2) is 0 Å². The molecule has 1 fully saturated rings. The summed E-state index contributed by atoms with van der Waals surface area (Å²) in [7, 11) is 0. The largest absolute Gasteiger partial charge is 0.370 e. The maximum absolute atomic E-state index is 11.0. The van der Waals surface area contributed by atoms with Crippen LogP contribution >= 0.6 is 15.9 Å². The number of nitrogens with zero attached hydrogens (tertiary/aromatic N) is 1. The summed E-state index contributed by atoms with van der Waals surface area (Å²) in [5.41, 5.74) is 12.5. The minimum Gasteiger partial charge on any atom is -0.370 e. The Morgan fingerprint density at radius 2 is 2.10 bits per heavy atom. The van der Waals surface area contributed by atoms with Crippen molar-refractivity contribution < 1.29 is 4.79 Å². The van der Waals surface area contributed by atoms with Gasteiger partial charge in [-0.05, 0) is 49.5 Å². The van der Waals surface area contributed by atoms with Gasteiger partial charge in [-0.3, -0.25) is 9.69 Å². The molecule has 1 atom stereocenters. The van der Waals surface area contributed by atoms with Gasteiger partial charge in [-0.1, -0.05) is 28.1 Å². The summed E-state index contributed by atoms with van der Waals surface area (Å²) in [6.45, 7) is 2.57. The highest BCUT2D eigenvalue weighted by Gasteiger charge is 2.26. The highest BCUT2D eigenvalue weighted by atomic mass is 79.9. The van der Waals surface area contributed by atoms with Crippen molar-refractivity contribution in [1.29, 1.82) is 0 Å². The Balaban J connectivity index is 1.98. The van der Waals surface area contributed by atoms with Crippen LogP contribution in [0.15, 0.2) is 28.7 Å². The van der Waals surface area contributed by atoms with Gasteiger partial charge in [0.2, 0.25) is 5.91 Å². The van der Waals surface area contributed by atoms with Gasteiger partial charge in [0.15, 0.2) is 0 Å². The molecule has 4 N–H and O–H groups in total. The molecule has 1 saturated heterocycles. The lowest BCUT2D eigenvalue weighted by molar-refractivity contribution is -0.119. The maximum atomic E-state index is 11.0. The quantitative estimate of drug-likeness (QED) is 0.862. The lowest BCUT2D eigenvalue weighted by Crippen LogP contribution is -2.40. The zero-order valence-electron chi connectivity index (χ0n) is 11.6. The third-order valence-electron chi connectivity index (χ3n) is 4.04. The maximum Gasteiger partial charge on any atom is 0.217 e.